The molecule has 12 nitrogen and oxygen atoms in total. The zero-order chi connectivity index (χ0) is 24.6. The van der Waals surface area contributed by atoms with E-state index in [4.69, 9.17) is 23.7 Å². The number of benzene rings is 1. The summed E-state index contributed by atoms with van der Waals surface area (Å²) in [5.74, 6) is 0.591. The second-order valence-corrected chi connectivity index (χ2v) is 8.73. The summed E-state index contributed by atoms with van der Waals surface area (Å²) in [6.07, 6.45) is 0.630. The maximum atomic E-state index is 11.6. The maximum Gasteiger partial charge on any atom is 0.406 e. The number of anilines is 1. The summed E-state index contributed by atoms with van der Waals surface area (Å²) >= 11 is 0. The van der Waals surface area contributed by atoms with Gasteiger partial charge in [-0.2, -0.15) is 0 Å². The summed E-state index contributed by atoms with van der Waals surface area (Å²) in [7, 11) is 3.14. The molecule has 0 radical (unpaired) electrons. The van der Waals surface area contributed by atoms with E-state index in [1.54, 1.807) is 18.0 Å². The highest BCUT2D eigenvalue weighted by Crippen LogP contribution is 2.44. The van der Waals surface area contributed by atoms with Gasteiger partial charge in [-0.3, -0.25) is 4.57 Å². The first kappa shape index (κ1) is 23.3. The fraction of sp³-hybridized carbons (Fsp3) is 0.478. The molecule has 0 spiro atoms. The van der Waals surface area contributed by atoms with E-state index >= 15 is 0 Å². The number of hydrogen-bond donors (Lipinski definition) is 2. The molecule has 0 aliphatic carbocycles. The van der Waals surface area contributed by atoms with Crippen LogP contribution in [0.5, 0.6) is 5.75 Å². The molecule has 0 bridgehead atoms. The number of carbonyl (C=O) groups is 1. The fourth-order valence-corrected chi connectivity index (χ4v) is 4.34. The summed E-state index contributed by atoms with van der Waals surface area (Å²) < 4.78 is 30.7. The molecule has 4 atom stereocenters. The first-order valence-corrected chi connectivity index (χ1v) is 11.3. The van der Waals surface area contributed by atoms with Gasteiger partial charge in [0.25, 0.3) is 0 Å². The smallest absolute Gasteiger partial charge is 0.406 e. The number of alkyl carbamates (subject to hydrolysis) is 1. The Morgan fingerprint density at radius 2 is 1.91 bits per heavy atom. The van der Waals surface area contributed by atoms with Crippen LogP contribution < -0.4 is 15.4 Å². The predicted molar refractivity (Wildman–Crippen MR) is 124 cm³/mol. The summed E-state index contributed by atoms with van der Waals surface area (Å²) in [4.78, 5) is 25.0. The van der Waals surface area contributed by atoms with Crippen molar-refractivity contribution in [1.29, 1.82) is 0 Å². The number of methoxy groups -OCH3 is 1. The third-order valence-corrected chi connectivity index (χ3v) is 5.96. The molecule has 2 saturated heterocycles. The van der Waals surface area contributed by atoms with Crippen molar-refractivity contribution < 1.29 is 28.5 Å². The molecule has 1 unspecified atom stereocenters. The molecule has 5 rings (SSSR count). The first-order chi connectivity index (χ1) is 16.9. The third-order valence-electron chi connectivity index (χ3n) is 5.96. The maximum absolute atomic E-state index is 11.6. The van der Waals surface area contributed by atoms with E-state index in [-0.39, 0.29) is 6.61 Å². The average molecular weight is 485 g/mol. The minimum atomic E-state index is -0.806. The zero-order valence-corrected chi connectivity index (χ0v) is 19.9. The molecular formula is C23H28N6O6. The number of carbonyl (C=O) groups excluding carboxylic acids is 1. The monoisotopic (exact) mass is 484 g/mol. The second kappa shape index (κ2) is 9.29. The van der Waals surface area contributed by atoms with Crippen molar-refractivity contribution in [3.63, 3.8) is 0 Å². The van der Waals surface area contributed by atoms with Crippen LogP contribution in [0.1, 0.15) is 25.6 Å². The lowest BCUT2D eigenvalue weighted by molar-refractivity contribution is -0.199. The molecule has 1 aromatic carbocycles. The molecule has 4 heterocycles. The number of nitrogens with zero attached hydrogens (tertiary/aromatic N) is 4. The van der Waals surface area contributed by atoms with Crippen LogP contribution in [-0.4, -0.2) is 70.5 Å². The van der Waals surface area contributed by atoms with Gasteiger partial charge in [0.1, 0.15) is 37.0 Å². The molecule has 2 aliphatic heterocycles. The van der Waals surface area contributed by atoms with E-state index in [1.807, 2.05) is 38.1 Å². The van der Waals surface area contributed by atoms with Crippen LogP contribution in [0, 0.1) is 0 Å². The minimum absolute atomic E-state index is 0.0209. The van der Waals surface area contributed by atoms with Gasteiger partial charge in [-0.1, -0.05) is 12.1 Å². The summed E-state index contributed by atoms with van der Waals surface area (Å²) in [6.45, 7) is 4.26. The Kier molecular flexibility index (Phi) is 6.17. The molecule has 2 fully saturated rings. The van der Waals surface area contributed by atoms with Gasteiger partial charge >= 0.3 is 6.09 Å². The molecule has 186 valence electrons. The number of imidazole rings is 1. The largest absolute Gasteiger partial charge is 0.497 e. The predicted octanol–water partition coefficient (Wildman–Crippen LogP) is 2.22. The molecular weight excluding hydrogens is 456 g/mol. The highest BCUT2D eigenvalue weighted by Gasteiger charge is 2.56. The van der Waals surface area contributed by atoms with Gasteiger partial charge in [0.2, 0.25) is 0 Å². The number of hydrogen-bond acceptors (Lipinski definition) is 10. The van der Waals surface area contributed by atoms with Crippen LogP contribution in [-0.2, 0) is 25.5 Å². The molecule has 3 aromatic rings. The van der Waals surface area contributed by atoms with Crippen LogP contribution in [0.15, 0.2) is 36.9 Å². The van der Waals surface area contributed by atoms with Crippen LogP contribution in [0.2, 0.25) is 0 Å². The Morgan fingerprint density at radius 1 is 1.14 bits per heavy atom. The van der Waals surface area contributed by atoms with Gasteiger partial charge in [0, 0.05) is 13.6 Å². The van der Waals surface area contributed by atoms with Crippen LogP contribution in [0.25, 0.3) is 11.2 Å². The molecule has 2 aromatic heterocycles. The normalized spacial score (nSPS) is 24.8. The van der Waals surface area contributed by atoms with Gasteiger partial charge in [0.15, 0.2) is 29.0 Å². The minimum Gasteiger partial charge on any atom is -0.497 e. The van der Waals surface area contributed by atoms with Crippen molar-refractivity contribution in [2.75, 3.05) is 26.1 Å². The third kappa shape index (κ3) is 4.59. The van der Waals surface area contributed by atoms with Crippen LogP contribution in [0.3, 0.4) is 0 Å². The van der Waals surface area contributed by atoms with E-state index in [0.29, 0.717) is 23.5 Å². The number of rotatable bonds is 7. The zero-order valence-electron chi connectivity index (χ0n) is 19.9. The first-order valence-electron chi connectivity index (χ1n) is 11.3. The van der Waals surface area contributed by atoms with Gasteiger partial charge < -0.3 is 34.3 Å². The van der Waals surface area contributed by atoms with Crippen molar-refractivity contribution in [2.45, 2.75) is 50.7 Å². The quantitative estimate of drug-likeness (QED) is 0.515. The second-order valence-electron chi connectivity index (χ2n) is 8.73. The number of amides is 1. The Balaban J connectivity index is 1.37. The van der Waals surface area contributed by atoms with Crippen molar-refractivity contribution in [2.24, 2.45) is 0 Å². The number of nitrogens with one attached hydrogen (secondary N) is 2. The lowest BCUT2D eigenvalue weighted by Crippen LogP contribution is -2.35. The standard InChI is InChI=1S/C23H28N6O6/c1-23(2)34-17-15(10-32-22(30)24-3)33-21(18(17)35-23)29-12-28-16-19(26-11-27-20(16)29)25-9-13-5-7-14(31-4)8-6-13/h5-8,11-12,15,17-18,21H,9-10H2,1-4H3,(H,24,30)(H,25,26,27)/t15-,17?,18+,21-/m1/s1. The summed E-state index contributed by atoms with van der Waals surface area (Å²) in [5, 5.41) is 5.75. The van der Waals surface area contributed by atoms with E-state index in [9.17, 15) is 4.79 Å². The van der Waals surface area contributed by atoms with Crippen LogP contribution in [0.4, 0.5) is 10.6 Å². The van der Waals surface area contributed by atoms with Crippen molar-refractivity contribution in [3.05, 3.63) is 42.5 Å². The Bertz CT molecular complexity index is 1200. The number of fused-ring (bicyclic) bond motifs is 2. The van der Waals surface area contributed by atoms with E-state index < -0.39 is 36.4 Å². The van der Waals surface area contributed by atoms with E-state index in [2.05, 4.69) is 25.6 Å². The van der Waals surface area contributed by atoms with Crippen molar-refractivity contribution in [3.8, 4) is 5.75 Å². The highest BCUT2D eigenvalue weighted by atomic mass is 16.8. The lowest BCUT2D eigenvalue weighted by atomic mass is 10.1. The summed E-state index contributed by atoms with van der Waals surface area (Å²) in [5.41, 5.74) is 2.25. The SMILES string of the molecule is CNC(=O)OC[C@H]1O[C@@H](n2cnc3c(NCc4ccc(OC)cc4)ncnc32)[C@H]2OC(C)(C)OC12. The topological polar surface area (TPSA) is 131 Å². The Morgan fingerprint density at radius 3 is 2.66 bits per heavy atom. The summed E-state index contributed by atoms with van der Waals surface area (Å²) in [6, 6.07) is 7.78. The van der Waals surface area contributed by atoms with Gasteiger partial charge in [-0.25, -0.2) is 19.7 Å². The Labute approximate surface area is 201 Å². The van der Waals surface area contributed by atoms with E-state index in [1.165, 1.54) is 13.4 Å². The molecule has 35 heavy (non-hydrogen) atoms. The van der Waals surface area contributed by atoms with Crippen molar-refractivity contribution >= 4 is 23.1 Å². The average Bonchev–Trinajstić information content (AvgIpc) is 3.52. The number of aromatic nitrogens is 4. The molecule has 2 N–H and O–H groups in total. The molecule has 2 aliphatic rings. The van der Waals surface area contributed by atoms with Crippen LogP contribution >= 0.6 is 0 Å². The highest BCUT2D eigenvalue weighted by molar-refractivity contribution is 5.82. The number of ether oxygens (including phenoxy) is 5. The molecule has 12 heteroatoms. The van der Waals surface area contributed by atoms with Gasteiger partial charge in [0.05, 0.1) is 13.4 Å². The fourth-order valence-electron chi connectivity index (χ4n) is 4.34. The molecule has 1 amide bonds. The van der Waals surface area contributed by atoms with E-state index in [0.717, 1.165) is 11.3 Å². The Hall–Kier alpha value is -3.48. The lowest BCUT2D eigenvalue weighted by Gasteiger charge is -2.24. The van der Waals surface area contributed by atoms with Gasteiger partial charge in [-0.05, 0) is 31.5 Å². The van der Waals surface area contributed by atoms with Gasteiger partial charge in [-0.15, -0.1) is 0 Å². The van der Waals surface area contributed by atoms with Crippen molar-refractivity contribution in [1.82, 2.24) is 24.8 Å². The molecule has 0 saturated carbocycles.